The molecule has 0 aliphatic heterocycles. The highest BCUT2D eigenvalue weighted by molar-refractivity contribution is 7.10. The van der Waals surface area contributed by atoms with Crippen molar-refractivity contribution in [2.45, 2.75) is 19.9 Å². The van der Waals surface area contributed by atoms with Crippen LogP contribution in [0.2, 0.25) is 0 Å². The summed E-state index contributed by atoms with van der Waals surface area (Å²) < 4.78 is 0. The monoisotopic (exact) mass is 308 g/mol. The van der Waals surface area contributed by atoms with Gasteiger partial charge in [-0.15, -0.1) is 17.8 Å². The number of nitrogens with zero attached hydrogens (tertiary/aromatic N) is 1. The van der Waals surface area contributed by atoms with Gasteiger partial charge in [-0.2, -0.15) is 0 Å². The van der Waals surface area contributed by atoms with Crippen LogP contribution in [0.25, 0.3) is 0 Å². The highest BCUT2D eigenvalue weighted by Gasteiger charge is 2.21. The molecule has 0 aliphatic carbocycles. The molecule has 1 atom stereocenters. The standard InChI is InChI=1S/C15H20N2O3S/c1-4-7-17(10-14(19)20)9-13(18)16-15(11(2)3)12-6-5-8-21-12/h1,5-6,8,11,15H,7,9-10H2,2-3H3,(H,16,18)(H,19,20). The molecule has 1 rings (SSSR count). The number of carbonyl (C=O) groups is 2. The lowest BCUT2D eigenvalue weighted by molar-refractivity contribution is -0.138. The summed E-state index contributed by atoms with van der Waals surface area (Å²) in [7, 11) is 0. The molecule has 21 heavy (non-hydrogen) atoms. The molecule has 0 spiro atoms. The molecule has 114 valence electrons. The van der Waals surface area contributed by atoms with E-state index in [4.69, 9.17) is 11.5 Å². The second-order valence-corrected chi connectivity index (χ2v) is 6.03. The number of hydrogen-bond donors (Lipinski definition) is 2. The van der Waals surface area contributed by atoms with Crippen molar-refractivity contribution in [1.82, 2.24) is 10.2 Å². The predicted octanol–water partition coefficient (Wildman–Crippen LogP) is 1.58. The van der Waals surface area contributed by atoms with Crippen molar-refractivity contribution in [3.8, 4) is 12.3 Å². The zero-order valence-electron chi connectivity index (χ0n) is 12.2. The lowest BCUT2D eigenvalue weighted by atomic mass is 10.0. The number of amides is 1. The van der Waals surface area contributed by atoms with E-state index in [-0.39, 0.29) is 37.5 Å². The van der Waals surface area contributed by atoms with Crippen LogP contribution >= 0.6 is 11.3 Å². The predicted molar refractivity (Wildman–Crippen MR) is 82.9 cm³/mol. The Morgan fingerprint density at radius 3 is 2.67 bits per heavy atom. The fourth-order valence-electron chi connectivity index (χ4n) is 1.94. The molecule has 5 nitrogen and oxygen atoms in total. The van der Waals surface area contributed by atoms with Crippen molar-refractivity contribution in [3.63, 3.8) is 0 Å². The van der Waals surface area contributed by atoms with Gasteiger partial charge >= 0.3 is 5.97 Å². The second-order valence-electron chi connectivity index (χ2n) is 5.05. The number of aliphatic carboxylic acids is 1. The minimum atomic E-state index is -1.00. The Labute approximate surface area is 129 Å². The average molecular weight is 308 g/mol. The van der Waals surface area contributed by atoms with Crippen LogP contribution in [0.1, 0.15) is 24.8 Å². The number of thiophene rings is 1. The van der Waals surface area contributed by atoms with Crippen molar-refractivity contribution in [1.29, 1.82) is 0 Å². The van der Waals surface area contributed by atoms with Crippen LogP contribution in [-0.4, -0.2) is 41.5 Å². The molecule has 1 unspecified atom stereocenters. The maximum absolute atomic E-state index is 12.1. The van der Waals surface area contributed by atoms with Crippen LogP contribution in [0.3, 0.4) is 0 Å². The number of hydrogen-bond acceptors (Lipinski definition) is 4. The maximum atomic E-state index is 12.1. The Morgan fingerprint density at radius 2 is 2.19 bits per heavy atom. The van der Waals surface area contributed by atoms with E-state index in [9.17, 15) is 9.59 Å². The lowest BCUT2D eigenvalue weighted by Gasteiger charge is -2.23. The molecule has 0 radical (unpaired) electrons. The highest BCUT2D eigenvalue weighted by Crippen LogP contribution is 2.25. The van der Waals surface area contributed by atoms with E-state index < -0.39 is 5.97 Å². The largest absolute Gasteiger partial charge is 0.480 e. The van der Waals surface area contributed by atoms with Gasteiger partial charge in [0.25, 0.3) is 0 Å². The minimum Gasteiger partial charge on any atom is -0.480 e. The van der Waals surface area contributed by atoms with Gasteiger partial charge in [0.2, 0.25) is 5.91 Å². The summed E-state index contributed by atoms with van der Waals surface area (Å²) in [5.41, 5.74) is 0. The number of carbonyl (C=O) groups excluding carboxylic acids is 1. The molecule has 1 amide bonds. The van der Waals surface area contributed by atoms with Crippen LogP contribution in [-0.2, 0) is 9.59 Å². The molecule has 1 heterocycles. The summed E-state index contributed by atoms with van der Waals surface area (Å²) in [5, 5.41) is 13.7. The minimum absolute atomic E-state index is 0.0227. The van der Waals surface area contributed by atoms with Crippen LogP contribution in [0.5, 0.6) is 0 Å². The van der Waals surface area contributed by atoms with E-state index in [1.807, 2.05) is 31.4 Å². The molecule has 0 aliphatic rings. The van der Waals surface area contributed by atoms with Crippen molar-refractivity contribution in [2.75, 3.05) is 19.6 Å². The topological polar surface area (TPSA) is 69.6 Å². The van der Waals surface area contributed by atoms with Gasteiger partial charge in [0.05, 0.1) is 25.7 Å². The molecule has 2 N–H and O–H groups in total. The van der Waals surface area contributed by atoms with E-state index in [1.54, 1.807) is 11.3 Å². The quantitative estimate of drug-likeness (QED) is 0.715. The molecule has 0 saturated carbocycles. The molecule has 1 aromatic heterocycles. The molecule has 0 aromatic carbocycles. The van der Waals surface area contributed by atoms with Gasteiger partial charge in [-0.05, 0) is 17.4 Å². The first-order valence-corrected chi connectivity index (χ1v) is 7.52. The fraction of sp³-hybridized carbons (Fsp3) is 0.467. The van der Waals surface area contributed by atoms with Gasteiger partial charge < -0.3 is 10.4 Å². The molecule has 0 bridgehead atoms. The number of carboxylic acids is 1. The summed E-state index contributed by atoms with van der Waals surface area (Å²) in [6, 6.07) is 3.85. The van der Waals surface area contributed by atoms with Crippen LogP contribution in [0.15, 0.2) is 17.5 Å². The smallest absolute Gasteiger partial charge is 0.317 e. The third kappa shape index (κ3) is 5.98. The summed E-state index contributed by atoms with van der Waals surface area (Å²) >= 11 is 1.59. The van der Waals surface area contributed by atoms with Gasteiger partial charge in [-0.3, -0.25) is 14.5 Å². The van der Waals surface area contributed by atoms with E-state index in [2.05, 4.69) is 11.2 Å². The number of nitrogens with one attached hydrogen (secondary N) is 1. The summed E-state index contributed by atoms with van der Waals surface area (Å²) in [4.78, 5) is 25.4. The zero-order chi connectivity index (χ0) is 15.8. The van der Waals surface area contributed by atoms with Crippen LogP contribution in [0, 0.1) is 18.3 Å². The molecule has 0 fully saturated rings. The average Bonchev–Trinajstić information content (AvgIpc) is 2.88. The molecular weight excluding hydrogens is 288 g/mol. The lowest BCUT2D eigenvalue weighted by Crippen LogP contribution is -2.42. The van der Waals surface area contributed by atoms with Crippen LogP contribution < -0.4 is 5.32 Å². The highest BCUT2D eigenvalue weighted by atomic mass is 32.1. The second kappa shape index (κ2) is 8.45. The van der Waals surface area contributed by atoms with Gasteiger partial charge in [0.15, 0.2) is 0 Å². The first-order valence-electron chi connectivity index (χ1n) is 6.64. The SMILES string of the molecule is C#CCN(CC(=O)O)CC(=O)NC(c1cccs1)C(C)C. The maximum Gasteiger partial charge on any atom is 0.317 e. The third-order valence-corrected chi connectivity index (χ3v) is 3.83. The fourth-order valence-corrected chi connectivity index (χ4v) is 2.89. The van der Waals surface area contributed by atoms with Gasteiger partial charge in [0.1, 0.15) is 0 Å². The molecule has 6 heteroatoms. The first kappa shape index (κ1) is 17.2. The van der Waals surface area contributed by atoms with Gasteiger partial charge in [-0.1, -0.05) is 25.8 Å². The Morgan fingerprint density at radius 1 is 1.48 bits per heavy atom. The first-order chi connectivity index (χ1) is 9.93. The Balaban J connectivity index is 2.65. The zero-order valence-corrected chi connectivity index (χ0v) is 13.0. The molecular formula is C15H20N2O3S. The van der Waals surface area contributed by atoms with E-state index in [0.29, 0.717) is 0 Å². The third-order valence-electron chi connectivity index (χ3n) is 2.87. The summed E-state index contributed by atoms with van der Waals surface area (Å²) in [5.74, 6) is 1.38. The van der Waals surface area contributed by atoms with Gasteiger partial charge in [-0.25, -0.2) is 0 Å². The van der Waals surface area contributed by atoms with Crippen molar-refractivity contribution in [3.05, 3.63) is 22.4 Å². The van der Waals surface area contributed by atoms with Crippen molar-refractivity contribution in [2.24, 2.45) is 5.92 Å². The Hall–Kier alpha value is -1.84. The van der Waals surface area contributed by atoms with Gasteiger partial charge in [0, 0.05) is 4.88 Å². The Bertz CT molecular complexity index is 505. The normalized spacial score (nSPS) is 12.1. The molecule has 1 aromatic rings. The van der Waals surface area contributed by atoms with E-state index in [1.165, 1.54) is 4.90 Å². The van der Waals surface area contributed by atoms with Crippen molar-refractivity contribution >= 4 is 23.2 Å². The van der Waals surface area contributed by atoms with E-state index >= 15 is 0 Å². The van der Waals surface area contributed by atoms with E-state index in [0.717, 1.165) is 4.88 Å². The Kier molecular flexibility index (Phi) is 6.92. The number of terminal acetylenes is 1. The van der Waals surface area contributed by atoms with Crippen LogP contribution in [0.4, 0.5) is 0 Å². The number of carboxylic acid groups (broad SMARTS) is 1. The van der Waals surface area contributed by atoms with Crippen molar-refractivity contribution < 1.29 is 14.7 Å². The molecule has 0 saturated heterocycles. The summed E-state index contributed by atoms with van der Waals surface area (Å²) in [6.07, 6.45) is 5.19. The number of rotatable bonds is 8. The summed E-state index contributed by atoms with van der Waals surface area (Å²) in [6.45, 7) is 3.92.